The molecule has 0 aliphatic rings. The van der Waals surface area contributed by atoms with Crippen LogP contribution in [0.2, 0.25) is 5.02 Å². The van der Waals surface area contributed by atoms with Gasteiger partial charge in [0.1, 0.15) is 0 Å². The van der Waals surface area contributed by atoms with Crippen molar-refractivity contribution in [2.45, 2.75) is 25.8 Å². The van der Waals surface area contributed by atoms with Gasteiger partial charge in [-0.25, -0.2) is 0 Å². The Hall–Kier alpha value is -1.58. The Morgan fingerprint density at radius 2 is 1.67 bits per heavy atom. The van der Waals surface area contributed by atoms with Crippen molar-refractivity contribution in [1.82, 2.24) is 5.32 Å². The van der Waals surface area contributed by atoms with E-state index in [1.54, 1.807) is 0 Å². The van der Waals surface area contributed by atoms with Gasteiger partial charge in [0.2, 0.25) is 0 Å². The number of anilines is 1. The van der Waals surface area contributed by atoms with E-state index in [9.17, 15) is 0 Å². The number of nitrogens with one attached hydrogen (secondary N) is 2. The number of rotatable bonds is 4. The van der Waals surface area contributed by atoms with Gasteiger partial charge in [-0.3, -0.25) is 0 Å². The second-order valence-electron chi connectivity index (χ2n) is 5.63. The van der Waals surface area contributed by atoms with E-state index in [-0.39, 0.29) is 5.54 Å². The van der Waals surface area contributed by atoms with Gasteiger partial charge >= 0.3 is 0 Å². The second kappa shape index (κ2) is 6.92. The molecule has 0 bridgehead atoms. The fourth-order valence-corrected chi connectivity index (χ4v) is 2.67. The standard InChI is InChI=1S/C17H19ClN2S/c1-17(2,12-13-6-4-3-5-7-13)20-16(21)19-15-10-8-14(18)9-11-15/h3-11H,12H2,1-2H3,(H2,19,20,21). The minimum Gasteiger partial charge on any atom is -0.357 e. The summed E-state index contributed by atoms with van der Waals surface area (Å²) in [5, 5.41) is 7.85. The van der Waals surface area contributed by atoms with Gasteiger partial charge in [0.05, 0.1) is 0 Å². The highest BCUT2D eigenvalue weighted by molar-refractivity contribution is 7.80. The minimum absolute atomic E-state index is 0.127. The van der Waals surface area contributed by atoms with Crippen LogP contribution in [0.3, 0.4) is 0 Å². The average Bonchev–Trinajstić information content (AvgIpc) is 2.41. The molecule has 2 rings (SSSR count). The van der Waals surface area contributed by atoms with Crippen LogP contribution in [0, 0.1) is 0 Å². The summed E-state index contributed by atoms with van der Waals surface area (Å²) < 4.78 is 0. The Bertz CT molecular complexity index is 594. The van der Waals surface area contributed by atoms with Crippen LogP contribution in [0.5, 0.6) is 0 Å². The summed E-state index contributed by atoms with van der Waals surface area (Å²) in [5.74, 6) is 0. The fourth-order valence-electron chi connectivity index (χ4n) is 2.15. The number of hydrogen-bond acceptors (Lipinski definition) is 1. The molecule has 21 heavy (non-hydrogen) atoms. The summed E-state index contributed by atoms with van der Waals surface area (Å²) in [4.78, 5) is 0. The molecule has 4 heteroatoms. The van der Waals surface area contributed by atoms with Gasteiger partial charge in [-0.05, 0) is 62.3 Å². The molecule has 0 unspecified atom stereocenters. The Labute approximate surface area is 136 Å². The molecule has 2 aromatic rings. The first-order valence-electron chi connectivity index (χ1n) is 6.83. The average molecular weight is 319 g/mol. The highest BCUT2D eigenvalue weighted by Gasteiger charge is 2.19. The summed E-state index contributed by atoms with van der Waals surface area (Å²) in [6.07, 6.45) is 0.899. The maximum Gasteiger partial charge on any atom is 0.171 e. The Morgan fingerprint density at radius 3 is 2.29 bits per heavy atom. The molecule has 0 aromatic heterocycles. The second-order valence-corrected chi connectivity index (χ2v) is 6.48. The summed E-state index contributed by atoms with van der Waals surface area (Å²) in [6.45, 7) is 4.27. The van der Waals surface area contributed by atoms with Crippen LogP contribution >= 0.6 is 23.8 Å². The van der Waals surface area contributed by atoms with Crippen molar-refractivity contribution in [2.24, 2.45) is 0 Å². The summed E-state index contributed by atoms with van der Waals surface area (Å²) in [5.41, 5.74) is 2.08. The van der Waals surface area contributed by atoms with Crippen LogP contribution in [-0.4, -0.2) is 10.7 Å². The quantitative estimate of drug-likeness (QED) is 0.803. The van der Waals surface area contributed by atoms with Crippen LogP contribution in [-0.2, 0) is 6.42 Å². The lowest BCUT2D eigenvalue weighted by Crippen LogP contribution is -2.46. The van der Waals surface area contributed by atoms with E-state index >= 15 is 0 Å². The van der Waals surface area contributed by atoms with Gasteiger partial charge in [0.15, 0.2) is 5.11 Å². The molecule has 0 saturated heterocycles. The van der Waals surface area contributed by atoms with Gasteiger partial charge in [-0.15, -0.1) is 0 Å². The topological polar surface area (TPSA) is 24.1 Å². The molecular formula is C17H19ClN2S. The molecule has 0 aliphatic carbocycles. The van der Waals surface area contributed by atoms with E-state index in [4.69, 9.17) is 23.8 Å². The van der Waals surface area contributed by atoms with Crippen molar-refractivity contribution < 1.29 is 0 Å². The van der Waals surface area contributed by atoms with Gasteiger partial charge in [0.25, 0.3) is 0 Å². The lowest BCUT2D eigenvalue weighted by atomic mass is 9.95. The van der Waals surface area contributed by atoms with E-state index in [1.807, 2.05) is 30.3 Å². The highest BCUT2D eigenvalue weighted by Crippen LogP contribution is 2.15. The van der Waals surface area contributed by atoms with E-state index in [0.29, 0.717) is 10.1 Å². The van der Waals surface area contributed by atoms with Crippen LogP contribution in [0.15, 0.2) is 54.6 Å². The fraction of sp³-hybridized carbons (Fsp3) is 0.235. The lowest BCUT2D eigenvalue weighted by Gasteiger charge is -2.28. The molecule has 0 atom stereocenters. The predicted octanol–water partition coefficient (Wildman–Crippen LogP) is 4.65. The third kappa shape index (κ3) is 5.37. The van der Waals surface area contributed by atoms with Crippen LogP contribution in [0.4, 0.5) is 5.69 Å². The van der Waals surface area contributed by atoms with Crippen molar-refractivity contribution >= 4 is 34.6 Å². The molecule has 0 heterocycles. The monoisotopic (exact) mass is 318 g/mol. The highest BCUT2D eigenvalue weighted by atomic mass is 35.5. The number of thiocarbonyl (C=S) groups is 1. The number of benzene rings is 2. The molecule has 2 N–H and O–H groups in total. The molecule has 110 valence electrons. The smallest absolute Gasteiger partial charge is 0.171 e. The molecule has 0 spiro atoms. The number of halogens is 1. The predicted molar refractivity (Wildman–Crippen MR) is 95.0 cm³/mol. The van der Waals surface area contributed by atoms with Crippen molar-refractivity contribution in [3.05, 3.63) is 65.2 Å². The minimum atomic E-state index is -0.127. The molecule has 0 radical (unpaired) electrons. The first-order chi connectivity index (χ1) is 9.94. The lowest BCUT2D eigenvalue weighted by molar-refractivity contribution is 0.461. The Kier molecular flexibility index (Phi) is 5.21. The van der Waals surface area contributed by atoms with Crippen molar-refractivity contribution in [1.29, 1.82) is 0 Å². The largest absolute Gasteiger partial charge is 0.357 e. The van der Waals surface area contributed by atoms with E-state index in [2.05, 4.69) is 48.7 Å². The van der Waals surface area contributed by atoms with Gasteiger partial charge in [-0.1, -0.05) is 41.9 Å². The van der Waals surface area contributed by atoms with E-state index < -0.39 is 0 Å². The van der Waals surface area contributed by atoms with Crippen molar-refractivity contribution in [2.75, 3.05) is 5.32 Å². The van der Waals surface area contributed by atoms with Gasteiger partial charge in [-0.2, -0.15) is 0 Å². The summed E-state index contributed by atoms with van der Waals surface area (Å²) in [7, 11) is 0. The molecule has 0 amide bonds. The molecule has 2 nitrogen and oxygen atoms in total. The Morgan fingerprint density at radius 1 is 1.05 bits per heavy atom. The third-order valence-corrected chi connectivity index (χ3v) is 3.50. The van der Waals surface area contributed by atoms with Crippen LogP contribution < -0.4 is 10.6 Å². The zero-order valence-electron chi connectivity index (χ0n) is 12.2. The summed E-state index contributed by atoms with van der Waals surface area (Å²) in [6, 6.07) is 17.9. The van der Waals surface area contributed by atoms with Gasteiger partial charge in [0, 0.05) is 16.2 Å². The number of hydrogen-bond donors (Lipinski definition) is 2. The molecular weight excluding hydrogens is 300 g/mol. The van der Waals surface area contributed by atoms with Crippen molar-refractivity contribution in [3.8, 4) is 0 Å². The van der Waals surface area contributed by atoms with E-state index in [1.165, 1.54) is 5.56 Å². The third-order valence-electron chi connectivity index (χ3n) is 3.04. The van der Waals surface area contributed by atoms with Crippen LogP contribution in [0.25, 0.3) is 0 Å². The van der Waals surface area contributed by atoms with Crippen molar-refractivity contribution in [3.63, 3.8) is 0 Å². The zero-order valence-corrected chi connectivity index (χ0v) is 13.8. The first kappa shape index (κ1) is 15.8. The maximum atomic E-state index is 5.87. The van der Waals surface area contributed by atoms with Crippen LogP contribution in [0.1, 0.15) is 19.4 Å². The Balaban J connectivity index is 1.93. The first-order valence-corrected chi connectivity index (χ1v) is 7.62. The van der Waals surface area contributed by atoms with Gasteiger partial charge < -0.3 is 10.6 Å². The molecule has 0 fully saturated rings. The van der Waals surface area contributed by atoms with E-state index in [0.717, 1.165) is 12.1 Å². The summed E-state index contributed by atoms with van der Waals surface area (Å²) >= 11 is 11.2. The molecule has 0 aliphatic heterocycles. The molecule has 2 aromatic carbocycles. The zero-order chi connectivity index (χ0) is 15.3. The maximum absolute atomic E-state index is 5.87. The SMILES string of the molecule is CC(C)(Cc1ccccc1)NC(=S)Nc1ccc(Cl)cc1. The molecule has 0 saturated carbocycles. The normalized spacial score (nSPS) is 11.0.